The molecule has 0 fully saturated rings. The van der Waals surface area contributed by atoms with E-state index < -0.39 is 24.1 Å². The Morgan fingerprint density at radius 3 is 2.63 bits per heavy atom. The zero-order chi connectivity index (χ0) is 14.4. The maximum atomic E-state index is 11.5. The fourth-order valence-electron chi connectivity index (χ4n) is 1.45. The van der Waals surface area contributed by atoms with Crippen LogP contribution in [0.2, 0.25) is 0 Å². The molecular weight excluding hydrogens is 250 g/mol. The number of urea groups is 1. The van der Waals surface area contributed by atoms with Crippen molar-refractivity contribution in [3.05, 3.63) is 29.6 Å². The van der Waals surface area contributed by atoms with E-state index in [9.17, 15) is 14.7 Å². The summed E-state index contributed by atoms with van der Waals surface area (Å²) in [7, 11) is 0. The highest BCUT2D eigenvalue weighted by molar-refractivity contribution is 5.82. The first-order valence-corrected chi connectivity index (χ1v) is 5.78. The summed E-state index contributed by atoms with van der Waals surface area (Å²) in [6.07, 6.45) is -1.18. The zero-order valence-corrected chi connectivity index (χ0v) is 10.8. The average Bonchev–Trinajstić information content (AvgIpc) is 2.32. The van der Waals surface area contributed by atoms with Gasteiger partial charge in [0.25, 0.3) is 0 Å². The summed E-state index contributed by atoms with van der Waals surface area (Å²) in [5.41, 5.74) is 1.49. The molecule has 19 heavy (non-hydrogen) atoms. The maximum Gasteiger partial charge on any atom is 0.328 e. The van der Waals surface area contributed by atoms with Crippen molar-refractivity contribution in [1.82, 2.24) is 15.6 Å². The molecule has 104 valence electrons. The number of hydrogen-bond acceptors (Lipinski definition) is 4. The third-order valence-electron chi connectivity index (χ3n) is 2.41. The van der Waals surface area contributed by atoms with E-state index in [-0.39, 0.29) is 6.54 Å². The summed E-state index contributed by atoms with van der Waals surface area (Å²) in [5.74, 6) is -1.29. The molecule has 1 aromatic rings. The minimum absolute atomic E-state index is 0.180. The second-order valence-corrected chi connectivity index (χ2v) is 4.15. The van der Waals surface area contributed by atoms with Crippen LogP contribution >= 0.6 is 0 Å². The zero-order valence-electron chi connectivity index (χ0n) is 10.8. The van der Waals surface area contributed by atoms with Gasteiger partial charge in [0.05, 0.1) is 18.3 Å². The van der Waals surface area contributed by atoms with Gasteiger partial charge >= 0.3 is 12.0 Å². The number of amides is 2. The van der Waals surface area contributed by atoms with Crippen LogP contribution in [0.1, 0.15) is 18.3 Å². The van der Waals surface area contributed by atoms with Gasteiger partial charge in [0, 0.05) is 5.69 Å². The monoisotopic (exact) mass is 267 g/mol. The van der Waals surface area contributed by atoms with Crippen molar-refractivity contribution < 1.29 is 19.8 Å². The normalized spacial score (nSPS) is 13.4. The van der Waals surface area contributed by atoms with Crippen LogP contribution in [0.15, 0.2) is 18.2 Å². The number of hydrogen-bond donors (Lipinski definition) is 4. The Hall–Kier alpha value is -2.15. The number of carboxylic acids is 1. The number of nitrogens with one attached hydrogen (secondary N) is 2. The van der Waals surface area contributed by atoms with Gasteiger partial charge in [0.1, 0.15) is 0 Å². The van der Waals surface area contributed by atoms with Crippen molar-refractivity contribution in [2.24, 2.45) is 0 Å². The molecule has 0 radical (unpaired) electrons. The third-order valence-corrected chi connectivity index (χ3v) is 2.41. The quantitative estimate of drug-likeness (QED) is 0.601. The number of aromatic nitrogens is 1. The first-order valence-electron chi connectivity index (χ1n) is 5.78. The summed E-state index contributed by atoms with van der Waals surface area (Å²) in [5, 5.41) is 22.7. The van der Waals surface area contributed by atoms with Crippen LogP contribution in [-0.2, 0) is 11.3 Å². The van der Waals surface area contributed by atoms with E-state index in [0.29, 0.717) is 5.69 Å². The van der Waals surface area contributed by atoms with Crippen LogP contribution in [-0.4, -0.2) is 39.3 Å². The molecule has 0 aromatic carbocycles. The summed E-state index contributed by atoms with van der Waals surface area (Å²) >= 11 is 0. The number of aliphatic hydroxyl groups excluding tert-OH is 1. The first kappa shape index (κ1) is 14.9. The molecule has 0 unspecified atom stereocenters. The average molecular weight is 267 g/mol. The van der Waals surface area contributed by atoms with E-state index in [0.717, 1.165) is 5.69 Å². The second-order valence-electron chi connectivity index (χ2n) is 4.15. The van der Waals surface area contributed by atoms with Crippen molar-refractivity contribution >= 4 is 12.0 Å². The van der Waals surface area contributed by atoms with Crippen molar-refractivity contribution in [3.63, 3.8) is 0 Å². The number of aliphatic carboxylic acids is 1. The summed E-state index contributed by atoms with van der Waals surface area (Å²) in [6, 6.07) is 3.38. The van der Waals surface area contributed by atoms with Crippen molar-refractivity contribution in [3.8, 4) is 0 Å². The van der Waals surface area contributed by atoms with Crippen LogP contribution in [0.3, 0.4) is 0 Å². The predicted octanol–water partition coefficient (Wildman–Crippen LogP) is 0.0232. The molecule has 0 aliphatic heterocycles. The smallest absolute Gasteiger partial charge is 0.328 e. The number of aliphatic hydroxyl groups is 1. The summed E-state index contributed by atoms with van der Waals surface area (Å²) < 4.78 is 0. The molecule has 2 amide bonds. The Morgan fingerprint density at radius 2 is 2.11 bits per heavy atom. The van der Waals surface area contributed by atoms with Gasteiger partial charge in [0.2, 0.25) is 0 Å². The van der Waals surface area contributed by atoms with Crippen molar-refractivity contribution in [1.29, 1.82) is 0 Å². The van der Waals surface area contributed by atoms with Gasteiger partial charge in [-0.15, -0.1) is 0 Å². The summed E-state index contributed by atoms with van der Waals surface area (Å²) in [6.45, 7) is 3.30. The van der Waals surface area contributed by atoms with Crippen molar-refractivity contribution in [2.45, 2.75) is 32.5 Å². The fourth-order valence-corrected chi connectivity index (χ4v) is 1.45. The number of carbonyl (C=O) groups excluding carboxylic acids is 1. The Bertz CT molecular complexity index is 462. The Balaban J connectivity index is 2.49. The van der Waals surface area contributed by atoms with Crippen LogP contribution < -0.4 is 10.6 Å². The Kier molecular flexibility index (Phi) is 5.25. The molecule has 2 atom stereocenters. The molecule has 0 saturated carbocycles. The molecule has 0 saturated heterocycles. The van der Waals surface area contributed by atoms with E-state index >= 15 is 0 Å². The molecule has 1 aromatic heterocycles. The summed E-state index contributed by atoms with van der Waals surface area (Å²) in [4.78, 5) is 26.5. The van der Waals surface area contributed by atoms with Crippen LogP contribution in [0.5, 0.6) is 0 Å². The van der Waals surface area contributed by atoms with E-state index in [1.807, 2.05) is 19.1 Å². The highest BCUT2D eigenvalue weighted by Crippen LogP contribution is 1.98. The number of nitrogens with zero attached hydrogens (tertiary/aromatic N) is 1. The number of carboxylic acid groups (broad SMARTS) is 1. The lowest BCUT2D eigenvalue weighted by Crippen LogP contribution is -2.51. The third kappa shape index (κ3) is 4.92. The van der Waals surface area contributed by atoms with Gasteiger partial charge in [-0.25, -0.2) is 9.59 Å². The predicted molar refractivity (Wildman–Crippen MR) is 67.5 cm³/mol. The van der Waals surface area contributed by atoms with Crippen molar-refractivity contribution in [2.75, 3.05) is 0 Å². The Morgan fingerprint density at radius 1 is 1.42 bits per heavy atom. The highest BCUT2D eigenvalue weighted by atomic mass is 16.4. The lowest BCUT2D eigenvalue weighted by atomic mass is 10.2. The molecule has 1 rings (SSSR count). The van der Waals surface area contributed by atoms with E-state index in [2.05, 4.69) is 15.6 Å². The molecule has 4 N–H and O–H groups in total. The maximum absolute atomic E-state index is 11.5. The number of rotatable bonds is 5. The van der Waals surface area contributed by atoms with Crippen LogP contribution in [0.25, 0.3) is 0 Å². The Labute approximate surface area is 110 Å². The van der Waals surface area contributed by atoms with Gasteiger partial charge in [-0.05, 0) is 26.0 Å². The van der Waals surface area contributed by atoms with E-state index in [1.54, 1.807) is 6.07 Å². The minimum atomic E-state index is -1.34. The molecule has 7 nitrogen and oxygen atoms in total. The van der Waals surface area contributed by atoms with Gasteiger partial charge in [-0.3, -0.25) is 4.98 Å². The number of pyridine rings is 1. The van der Waals surface area contributed by atoms with Crippen LogP contribution in [0.4, 0.5) is 4.79 Å². The minimum Gasteiger partial charge on any atom is -0.480 e. The lowest BCUT2D eigenvalue weighted by molar-refractivity contribution is -0.141. The molecular formula is C12H17N3O4. The molecule has 0 aliphatic rings. The van der Waals surface area contributed by atoms with Gasteiger partial charge in [-0.1, -0.05) is 6.07 Å². The van der Waals surface area contributed by atoms with Gasteiger partial charge in [0.15, 0.2) is 6.04 Å². The molecule has 0 bridgehead atoms. The standard InChI is InChI=1S/C12H17N3O4/c1-7-4-3-5-9(14-7)6-13-12(19)15-10(8(2)16)11(17)18/h3-5,8,10,16H,6H2,1-2H3,(H,17,18)(H2,13,15,19)/t8-,10+/m1/s1. The molecule has 7 heteroatoms. The SMILES string of the molecule is Cc1cccc(CNC(=O)N[C@H](C(=O)O)[C@@H](C)O)n1. The first-order chi connectivity index (χ1) is 8.90. The van der Waals surface area contributed by atoms with Crippen LogP contribution in [0, 0.1) is 6.92 Å². The number of carbonyl (C=O) groups is 2. The molecule has 1 heterocycles. The highest BCUT2D eigenvalue weighted by Gasteiger charge is 2.24. The van der Waals surface area contributed by atoms with E-state index in [4.69, 9.17) is 5.11 Å². The lowest BCUT2D eigenvalue weighted by Gasteiger charge is -2.17. The number of aryl methyl sites for hydroxylation is 1. The molecule has 0 aliphatic carbocycles. The second kappa shape index (κ2) is 6.69. The van der Waals surface area contributed by atoms with Gasteiger partial charge < -0.3 is 20.8 Å². The largest absolute Gasteiger partial charge is 0.480 e. The van der Waals surface area contributed by atoms with Gasteiger partial charge in [-0.2, -0.15) is 0 Å². The fraction of sp³-hybridized carbons (Fsp3) is 0.417. The van der Waals surface area contributed by atoms with E-state index in [1.165, 1.54) is 6.92 Å². The topological polar surface area (TPSA) is 112 Å². The molecule has 0 spiro atoms.